The van der Waals surface area contributed by atoms with Crippen LogP contribution < -0.4 is 5.32 Å². The van der Waals surface area contributed by atoms with Crippen molar-refractivity contribution in [2.45, 2.75) is 13.0 Å². The van der Waals surface area contributed by atoms with E-state index < -0.39 is 17.0 Å². The Labute approximate surface area is 161 Å². The Hall–Kier alpha value is -3.86. The maximum atomic E-state index is 11.8. The molecule has 2 rings (SSSR count). The summed E-state index contributed by atoms with van der Waals surface area (Å²) in [5, 5.41) is 13.4. The van der Waals surface area contributed by atoms with Crippen molar-refractivity contribution in [2.24, 2.45) is 0 Å². The standard InChI is InChI=1S/C20H18N2O6/c1-27-19(23)18-13-17(22(25)26)11-10-16(18)9-5-6-12-21-20(24)28-14-15-7-3-2-4-8-15/h2-4,7-8,10-11,13H,6,12,14H2,1H3,(H,21,24). The molecule has 0 fully saturated rings. The third-order valence-electron chi connectivity index (χ3n) is 3.57. The first-order valence-corrected chi connectivity index (χ1v) is 8.31. The van der Waals surface area contributed by atoms with Gasteiger partial charge in [-0.1, -0.05) is 42.2 Å². The molecule has 8 heteroatoms. The van der Waals surface area contributed by atoms with Crippen LogP contribution in [0.3, 0.4) is 0 Å². The van der Waals surface area contributed by atoms with E-state index in [0.717, 1.165) is 11.6 Å². The molecule has 0 aromatic heterocycles. The number of nitro groups is 1. The second kappa shape index (κ2) is 10.3. The summed E-state index contributed by atoms with van der Waals surface area (Å²) < 4.78 is 9.70. The van der Waals surface area contributed by atoms with Gasteiger partial charge in [-0.2, -0.15) is 0 Å². The Balaban J connectivity index is 1.87. The van der Waals surface area contributed by atoms with E-state index in [0.29, 0.717) is 12.0 Å². The zero-order valence-corrected chi connectivity index (χ0v) is 15.1. The van der Waals surface area contributed by atoms with Crippen molar-refractivity contribution in [2.75, 3.05) is 13.7 Å². The van der Waals surface area contributed by atoms with Crippen LogP contribution in [-0.2, 0) is 16.1 Å². The van der Waals surface area contributed by atoms with Gasteiger partial charge < -0.3 is 14.8 Å². The number of non-ortho nitro benzene ring substituents is 1. The molecule has 0 unspecified atom stereocenters. The van der Waals surface area contributed by atoms with Crippen molar-refractivity contribution in [3.05, 3.63) is 75.3 Å². The molecule has 0 atom stereocenters. The second-order valence-electron chi connectivity index (χ2n) is 5.52. The van der Waals surface area contributed by atoms with E-state index in [-0.39, 0.29) is 24.4 Å². The van der Waals surface area contributed by atoms with Crippen molar-refractivity contribution in [3.63, 3.8) is 0 Å². The molecule has 8 nitrogen and oxygen atoms in total. The van der Waals surface area contributed by atoms with Gasteiger partial charge in [-0.05, 0) is 11.6 Å². The number of carbonyl (C=O) groups is 2. The number of benzene rings is 2. The van der Waals surface area contributed by atoms with Crippen LogP contribution >= 0.6 is 0 Å². The number of hydrogen-bond donors (Lipinski definition) is 1. The Morgan fingerprint density at radius 2 is 1.93 bits per heavy atom. The van der Waals surface area contributed by atoms with E-state index in [4.69, 9.17) is 4.74 Å². The topological polar surface area (TPSA) is 108 Å². The summed E-state index contributed by atoms with van der Waals surface area (Å²) in [7, 11) is 1.18. The number of hydrogen-bond acceptors (Lipinski definition) is 6. The monoisotopic (exact) mass is 382 g/mol. The van der Waals surface area contributed by atoms with Crippen LogP contribution in [0.25, 0.3) is 0 Å². The summed E-state index contributed by atoms with van der Waals surface area (Å²) in [4.78, 5) is 33.7. The summed E-state index contributed by atoms with van der Waals surface area (Å²) in [5.41, 5.74) is 0.975. The Kier molecular flexibility index (Phi) is 7.54. The average Bonchev–Trinajstić information content (AvgIpc) is 2.72. The fraction of sp³-hybridized carbons (Fsp3) is 0.200. The summed E-state index contributed by atoms with van der Waals surface area (Å²) in [6.45, 7) is 0.421. The molecule has 144 valence electrons. The van der Waals surface area contributed by atoms with Gasteiger partial charge in [-0.3, -0.25) is 10.1 Å². The molecule has 0 aliphatic heterocycles. The fourth-order valence-electron chi connectivity index (χ4n) is 2.19. The minimum absolute atomic E-state index is 0.0134. The van der Waals surface area contributed by atoms with Gasteiger partial charge >= 0.3 is 12.1 Å². The number of amides is 1. The lowest BCUT2D eigenvalue weighted by molar-refractivity contribution is -0.384. The number of rotatable bonds is 6. The van der Waals surface area contributed by atoms with Crippen LogP contribution in [-0.4, -0.2) is 30.6 Å². The highest BCUT2D eigenvalue weighted by Crippen LogP contribution is 2.18. The largest absolute Gasteiger partial charge is 0.465 e. The van der Waals surface area contributed by atoms with Gasteiger partial charge in [0.25, 0.3) is 5.69 Å². The molecule has 0 heterocycles. The third-order valence-corrected chi connectivity index (χ3v) is 3.57. The number of nitrogens with zero attached hydrogens (tertiary/aromatic N) is 1. The molecular formula is C20H18N2O6. The molecular weight excluding hydrogens is 364 g/mol. The van der Waals surface area contributed by atoms with E-state index in [1.807, 2.05) is 30.3 Å². The van der Waals surface area contributed by atoms with Gasteiger partial charge in [0.15, 0.2) is 0 Å². The maximum absolute atomic E-state index is 11.8. The smallest absolute Gasteiger partial charge is 0.407 e. The molecule has 2 aromatic carbocycles. The molecule has 0 radical (unpaired) electrons. The summed E-state index contributed by atoms with van der Waals surface area (Å²) >= 11 is 0. The van der Waals surface area contributed by atoms with Crippen LogP contribution in [0.5, 0.6) is 0 Å². The quantitative estimate of drug-likeness (QED) is 0.270. The predicted octanol–water partition coefficient (Wildman–Crippen LogP) is 3.05. The first-order valence-electron chi connectivity index (χ1n) is 8.31. The molecule has 1 N–H and O–H groups in total. The molecule has 28 heavy (non-hydrogen) atoms. The summed E-state index contributed by atoms with van der Waals surface area (Å²) in [6, 6.07) is 13.0. The number of nitro benzene ring substituents is 1. The minimum Gasteiger partial charge on any atom is -0.465 e. The zero-order chi connectivity index (χ0) is 20.4. The first-order chi connectivity index (χ1) is 13.5. The van der Waals surface area contributed by atoms with E-state index in [1.165, 1.54) is 19.2 Å². The highest BCUT2D eigenvalue weighted by Gasteiger charge is 2.16. The lowest BCUT2D eigenvalue weighted by Gasteiger charge is -2.05. The zero-order valence-electron chi connectivity index (χ0n) is 15.1. The summed E-state index contributed by atoms with van der Waals surface area (Å²) in [5.74, 6) is 4.85. The number of carbonyl (C=O) groups excluding carboxylic acids is 2. The van der Waals surface area contributed by atoms with Crippen LogP contribution in [0.1, 0.15) is 27.9 Å². The lowest BCUT2D eigenvalue weighted by atomic mass is 10.1. The number of ether oxygens (including phenoxy) is 2. The van der Waals surface area contributed by atoms with E-state index in [1.54, 1.807) is 0 Å². The van der Waals surface area contributed by atoms with Gasteiger partial charge in [0.1, 0.15) is 6.61 Å². The van der Waals surface area contributed by atoms with Crippen LogP contribution in [0.2, 0.25) is 0 Å². The molecule has 0 saturated heterocycles. The SMILES string of the molecule is COC(=O)c1cc([N+](=O)[O-])ccc1C#CCCNC(=O)OCc1ccccc1. The highest BCUT2D eigenvalue weighted by molar-refractivity contribution is 5.93. The maximum Gasteiger partial charge on any atom is 0.407 e. The van der Waals surface area contributed by atoms with Gasteiger partial charge in [0.2, 0.25) is 0 Å². The third kappa shape index (κ3) is 6.14. The number of nitrogens with one attached hydrogen (secondary N) is 1. The number of methoxy groups -OCH3 is 1. The molecule has 1 amide bonds. The molecule has 0 bridgehead atoms. The molecule has 0 spiro atoms. The Bertz CT molecular complexity index is 915. The molecule has 0 aliphatic rings. The molecule has 2 aromatic rings. The van der Waals surface area contributed by atoms with Crippen molar-refractivity contribution in [3.8, 4) is 11.8 Å². The van der Waals surface area contributed by atoms with E-state index in [2.05, 4.69) is 21.9 Å². The number of alkyl carbamates (subject to hydrolysis) is 1. The van der Waals surface area contributed by atoms with E-state index >= 15 is 0 Å². The molecule has 0 aliphatic carbocycles. The Morgan fingerprint density at radius 1 is 1.18 bits per heavy atom. The second-order valence-corrected chi connectivity index (χ2v) is 5.52. The predicted molar refractivity (Wildman–Crippen MR) is 101 cm³/mol. The van der Waals surface area contributed by atoms with Gasteiger partial charge in [-0.15, -0.1) is 0 Å². The summed E-state index contributed by atoms with van der Waals surface area (Å²) in [6.07, 6.45) is -0.255. The average molecular weight is 382 g/mol. The molecule has 0 saturated carbocycles. The van der Waals surface area contributed by atoms with Crippen molar-refractivity contribution < 1.29 is 24.0 Å². The lowest BCUT2D eigenvalue weighted by Crippen LogP contribution is -2.24. The van der Waals surface area contributed by atoms with Crippen LogP contribution in [0.15, 0.2) is 48.5 Å². The van der Waals surface area contributed by atoms with Crippen LogP contribution in [0.4, 0.5) is 10.5 Å². The fourth-order valence-corrected chi connectivity index (χ4v) is 2.19. The van der Waals surface area contributed by atoms with Crippen molar-refractivity contribution in [1.82, 2.24) is 5.32 Å². The van der Waals surface area contributed by atoms with Crippen LogP contribution in [0, 0.1) is 22.0 Å². The highest BCUT2D eigenvalue weighted by atomic mass is 16.6. The normalized spacial score (nSPS) is 9.61. The van der Waals surface area contributed by atoms with Gasteiger partial charge in [-0.25, -0.2) is 9.59 Å². The Morgan fingerprint density at radius 3 is 2.61 bits per heavy atom. The van der Waals surface area contributed by atoms with Gasteiger partial charge in [0, 0.05) is 30.7 Å². The van der Waals surface area contributed by atoms with E-state index in [9.17, 15) is 19.7 Å². The van der Waals surface area contributed by atoms with Gasteiger partial charge in [0.05, 0.1) is 17.6 Å². The van der Waals surface area contributed by atoms with Crippen molar-refractivity contribution in [1.29, 1.82) is 0 Å². The van der Waals surface area contributed by atoms with Crippen molar-refractivity contribution >= 4 is 17.7 Å². The minimum atomic E-state index is -0.712. The number of esters is 1. The first kappa shape index (κ1) is 20.5.